The Labute approximate surface area is 194 Å². The van der Waals surface area contributed by atoms with Crippen LogP contribution in [0.3, 0.4) is 0 Å². The van der Waals surface area contributed by atoms with E-state index in [1.165, 1.54) is 12.8 Å². The third-order valence-corrected chi connectivity index (χ3v) is 7.11. The summed E-state index contributed by atoms with van der Waals surface area (Å²) in [5.74, 6) is 1.05. The van der Waals surface area contributed by atoms with Crippen molar-refractivity contribution in [2.75, 3.05) is 39.9 Å². The van der Waals surface area contributed by atoms with Crippen LogP contribution >= 0.6 is 23.2 Å². The first-order valence-corrected chi connectivity index (χ1v) is 12.1. The molecule has 3 aliphatic rings. The molecular weight excluding hydrogens is 439 g/mol. The first kappa shape index (κ1) is 23.0. The number of carbonyl (C=O) groups is 1. The molecule has 172 valence electrons. The molecule has 8 heteroatoms. The van der Waals surface area contributed by atoms with Gasteiger partial charge >= 0.3 is 6.09 Å². The van der Waals surface area contributed by atoms with Gasteiger partial charge in [-0.25, -0.2) is 4.79 Å². The number of hydrogen-bond acceptors (Lipinski definition) is 5. The molecule has 1 aromatic carbocycles. The van der Waals surface area contributed by atoms with Gasteiger partial charge in [-0.15, -0.1) is 0 Å². The molecule has 1 saturated carbocycles. The molecule has 31 heavy (non-hydrogen) atoms. The van der Waals surface area contributed by atoms with Crippen molar-refractivity contribution in [1.29, 1.82) is 0 Å². The van der Waals surface area contributed by atoms with Crippen LogP contribution in [0, 0.1) is 5.92 Å². The molecule has 4 rings (SSSR count). The Morgan fingerprint density at radius 3 is 2.55 bits per heavy atom. The molecule has 0 aromatic heterocycles. The molecule has 2 saturated heterocycles. The minimum Gasteiger partial charge on any atom is -0.489 e. The zero-order valence-electron chi connectivity index (χ0n) is 18.2. The van der Waals surface area contributed by atoms with Crippen molar-refractivity contribution in [3.8, 4) is 5.75 Å². The summed E-state index contributed by atoms with van der Waals surface area (Å²) in [7, 11) is 1.80. The maximum atomic E-state index is 12.3. The van der Waals surface area contributed by atoms with Crippen molar-refractivity contribution >= 4 is 29.3 Å². The topological polar surface area (TPSA) is 51.2 Å². The monoisotopic (exact) mass is 470 g/mol. The molecule has 1 aromatic rings. The second-order valence-corrected chi connectivity index (χ2v) is 9.82. The highest BCUT2D eigenvalue weighted by Crippen LogP contribution is 2.37. The molecule has 0 spiro atoms. The van der Waals surface area contributed by atoms with Crippen molar-refractivity contribution in [2.24, 2.45) is 5.92 Å². The highest BCUT2D eigenvalue weighted by molar-refractivity contribution is 6.34. The molecule has 0 atom stereocenters. The van der Waals surface area contributed by atoms with Gasteiger partial charge in [0.1, 0.15) is 11.9 Å². The number of likely N-dealkylation sites (tertiary alicyclic amines) is 1. The number of rotatable bonds is 7. The predicted molar refractivity (Wildman–Crippen MR) is 121 cm³/mol. The van der Waals surface area contributed by atoms with Gasteiger partial charge in [0.15, 0.2) is 0 Å². The second kappa shape index (κ2) is 10.6. The lowest BCUT2D eigenvalue weighted by Gasteiger charge is -2.37. The zero-order chi connectivity index (χ0) is 21.8. The number of carbonyl (C=O) groups excluding carboxylic acids is 1. The van der Waals surface area contributed by atoms with E-state index >= 15 is 0 Å². The van der Waals surface area contributed by atoms with Gasteiger partial charge in [-0.1, -0.05) is 23.2 Å². The first-order valence-electron chi connectivity index (χ1n) is 11.3. The van der Waals surface area contributed by atoms with Gasteiger partial charge in [-0.3, -0.25) is 4.90 Å². The predicted octanol–water partition coefficient (Wildman–Crippen LogP) is 4.99. The van der Waals surface area contributed by atoms with Crippen molar-refractivity contribution in [3.63, 3.8) is 0 Å². The minimum atomic E-state index is -0.250. The van der Waals surface area contributed by atoms with E-state index in [0.29, 0.717) is 41.5 Å². The number of amides is 1. The summed E-state index contributed by atoms with van der Waals surface area (Å²) < 4.78 is 17.0. The quantitative estimate of drug-likeness (QED) is 0.561. The van der Waals surface area contributed by atoms with Crippen LogP contribution in [-0.2, 0) is 16.0 Å². The van der Waals surface area contributed by atoms with Crippen molar-refractivity contribution in [3.05, 3.63) is 27.7 Å². The number of nitrogens with zero attached hydrogens (tertiary/aromatic N) is 2. The summed E-state index contributed by atoms with van der Waals surface area (Å²) >= 11 is 13.0. The largest absolute Gasteiger partial charge is 0.489 e. The fraction of sp³-hybridized carbons (Fsp3) is 0.696. The molecule has 3 fully saturated rings. The smallest absolute Gasteiger partial charge is 0.409 e. The minimum absolute atomic E-state index is 0.0264. The molecule has 0 unspecified atom stereocenters. The number of benzene rings is 1. The van der Waals surface area contributed by atoms with E-state index in [2.05, 4.69) is 4.90 Å². The normalized spacial score (nSPS) is 24.6. The Morgan fingerprint density at radius 2 is 1.84 bits per heavy atom. The van der Waals surface area contributed by atoms with Crippen LogP contribution in [0.1, 0.15) is 44.1 Å². The van der Waals surface area contributed by atoms with E-state index in [4.69, 9.17) is 37.4 Å². The van der Waals surface area contributed by atoms with E-state index in [1.54, 1.807) is 11.9 Å². The molecule has 0 radical (unpaired) electrons. The third-order valence-electron chi connectivity index (χ3n) is 6.46. The third kappa shape index (κ3) is 6.19. The fourth-order valence-electron chi connectivity index (χ4n) is 4.55. The number of hydrogen-bond donors (Lipinski definition) is 0. The lowest BCUT2D eigenvalue weighted by molar-refractivity contribution is -0.0136. The Morgan fingerprint density at radius 1 is 1.13 bits per heavy atom. The van der Waals surface area contributed by atoms with Gasteiger partial charge < -0.3 is 19.1 Å². The molecule has 1 amide bonds. The summed E-state index contributed by atoms with van der Waals surface area (Å²) in [6.45, 7) is 5.06. The molecule has 2 aliphatic heterocycles. The number of halogens is 2. The van der Waals surface area contributed by atoms with Gasteiger partial charge in [0.2, 0.25) is 0 Å². The Hall–Kier alpha value is -1.21. The average molecular weight is 471 g/mol. The fourth-order valence-corrected chi connectivity index (χ4v) is 4.99. The van der Waals surface area contributed by atoms with Crippen LogP contribution in [0.15, 0.2) is 12.1 Å². The number of ether oxygens (including phenoxy) is 3. The maximum absolute atomic E-state index is 12.3. The Kier molecular flexibility index (Phi) is 7.86. The van der Waals surface area contributed by atoms with Gasteiger partial charge in [0, 0.05) is 44.1 Å². The summed E-state index contributed by atoms with van der Waals surface area (Å²) in [6, 6.07) is 3.79. The van der Waals surface area contributed by atoms with Crippen LogP contribution in [0.25, 0.3) is 0 Å². The van der Waals surface area contributed by atoms with Gasteiger partial charge in [0.05, 0.1) is 24.3 Å². The maximum Gasteiger partial charge on any atom is 0.409 e. The van der Waals surface area contributed by atoms with Crippen LogP contribution < -0.4 is 4.74 Å². The van der Waals surface area contributed by atoms with Gasteiger partial charge in [0.25, 0.3) is 0 Å². The molecule has 0 N–H and O–H groups in total. The lowest BCUT2D eigenvalue weighted by atomic mass is 9.82. The van der Waals surface area contributed by atoms with Crippen LogP contribution in [0.5, 0.6) is 5.75 Å². The summed E-state index contributed by atoms with van der Waals surface area (Å²) in [4.78, 5) is 16.4. The Balaban J connectivity index is 1.21. The summed E-state index contributed by atoms with van der Waals surface area (Å²) in [5.41, 5.74) is 1.05. The van der Waals surface area contributed by atoms with E-state index in [9.17, 15) is 4.79 Å². The van der Waals surface area contributed by atoms with Crippen LogP contribution in [0.2, 0.25) is 10.0 Å². The van der Waals surface area contributed by atoms with Crippen molar-refractivity contribution < 1.29 is 19.0 Å². The van der Waals surface area contributed by atoms with Crippen LogP contribution in [-0.4, -0.2) is 68.0 Å². The van der Waals surface area contributed by atoms with Crippen molar-refractivity contribution in [2.45, 2.75) is 57.3 Å². The zero-order valence-corrected chi connectivity index (χ0v) is 19.7. The van der Waals surface area contributed by atoms with Crippen LogP contribution in [0.4, 0.5) is 4.79 Å². The van der Waals surface area contributed by atoms with Gasteiger partial charge in [-0.05, 0) is 56.3 Å². The Bertz CT molecular complexity index is 760. The van der Waals surface area contributed by atoms with Crippen molar-refractivity contribution in [1.82, 2.24) is 9.80 Å². The summed E-state index contributed by atoms with van der Waals surface area (Å²) in [6.07, 6.45) is 5.65. The SMILES string of the molecule is CN(CC1CC(Oc2cc(Cl)c(CN3CCCC3)cc2Cl)C1)C(=O)OC1CCOCC1. The highest BCUT2D eigenvalue weighted by Gasteiger charge is 2.33. The molecule has 0 bridgehead atoms. The molecule has 2 heterocycles. The molecule has 6 nitrogen and oxygen atoms in total. The standard InChI is InChI=1S/C23H32Cl2N2O4/c1-26(23(28)31-18-4-8-29-9-5-18)14-16-10-19(11-16)30-22-13-20(24)17(12-21(22)25)15-27-6-2-3-7-27/h12-13,16,18-19H,2-11,14-15H2,1H3. The lowest BCUT2D eigenvalue weighted by Crippen LogP contribution is -2.43. The average Bonchev–Trinajstić information content (AvgIpc) is 3.23. The van der Waals surface area contributed by atoms with Gasteiger partial charge in [-0.2, -0.15) is 0 Å². The molecule has 1 aliphatic carbocycles. The van der Waals surface area contributed by atoms with E-state index in [1.807, 2.05) is 12.1 Å². The summed E-state index contributed by atoms with van der Waals surface area (Å²) in [5, 5.41) is 1.32. The second-order valence-electron chi connectivity index (χ2n) is 9.01. The first-order chi connectivity index (χ1) is 15.0. The van der Waals surface area contributed by atoms with E-state index in [-0.39, 0.29) is 18.3 Å². The van der Waals surface area contributed by atoms with E-state index in [0.717, 1.165) is 50.9 Å². The molecular formula is C23H32Cl2N2O4. The van der Waals surface area contributed by atoms with E-state index < -0.39 is 0 Å². The highest BCUT2D eigenvalue weighted by atomic mass is 35.5.